The van der Waals surface area contributed by atoms with Crippen LogP contribution in [-0.2, 0) is 0 Å². The maximum absolute atomic E-state index is 5.51. The van der Waals surface area contributed by atoms with Crippen molar-refractivity contribution in [2.24, 2.45) is 0 Å². The quantitative estimate of drug-likeness (QED) is 0.187. The minimum atomic E-state index is -1.01. The average Bonchev–Trinajstić information content (AvgIpc) is 3.53. The smallest absolute Gasteiger partial charge is 0.118 e. The molecule has 0 amide bonds. The first kappa shape index (κ1) is 25.5. The highest BCUT2D eigenvalue weighted by atomic mass is 31.1. The van der Waals surface area contributed by atoms with Gasteiger partial charge in [-0.15, -0.1) is 5.10 Å². The Bertz CT molecular complexity index is 1590. The summed E-state index contributed by atoms with van der Waals surface area (Å²) in [4.78, 5) is 0. The number of hydrogen-bond donors (Lipinski definition) is 0. The summed E-state index contributed by atoms with van der Waals surface area (Å²) in [5.74, 6) is 0.815. The number of aromatic nitrogens is 3. The Morgan fingerprint density at radius 2 is 1.18 bits per heavy atom. The number of para-hydroxylation sites is 2. The van der Waals surface area contributed by atoms with Gasteiger partial charge in [-0.1, -0.05) is 114 Å². The highest BCUT2D eigenvalue weighted by molar-refractivity contribution is 7.74. The van der Waals surface area contributed by atoms with E-state index in [2.05, 4.69) is 113 Å². The van der Waals surface area contributed by atoms with E-state index < -0.39 is 8.07 Å². The summed E-state index contributed by atoms with van der Waals surface area (Å²) in [7, 11) is 0.684. The fourth-order valence-corrected chi connectivity index (χ4v) is 7.38. The SMILES string of the molecule is COc1ccc(C(c2cn(-c3ccccc3)nn2)N(c2ccccc2)P(c2ccccc2)c2ccccc2)cc1. The minimum absolute atomic E-state index is 0.225. The molecule has 0 saturated carbocycles. The molecule has 0 aliphatic rings. The highest BCUT2D eigenvalue weighted by Crippen LogP contribution is 2.49. The van der Waals surface area contributed by atoms with E-state index in [1.165, 1.54) is 10.6 Å². The Morgan fingerprint density at radius 3 is 1.73 bits per heavy atom. The second-order valence-electron chi connectivity index (χ2n) is 9.26. The zero-order valence-corrected chi connectivity index (χ0v) is 23.0. The fourth-order valence-electron chi connectivity index (χ4n) is 4.83. The number of methoxy groups -OCH3 is 1. The van der Waals surface area contributed by atoms with Gasteiger partial charge in [0.1, 0.15) is 17.5 Å². The number of nitrogens with zero attached hydrogens (tertiary/aromatic N) is 4. The van der Waals surface area contributed by atoms with Crippen LogP contribution in [0.2, 0.25) is 0 Å². The van der Waals surface area contributed by atoms with Crippen LogP contribution in [0.5, 0.6) is 5.75 Å². The first-order chi connectivity index (χ1) is 19.8. The first-order valence-electron chi connectivity index (χ1n) is 13.2. The maximum Gasteiger partial charge on any atom is 0.118 e. The summed E-state index contributed by atoms with van der Waals surface area (Å²) < 4.78 is 9.87. The Balaban J connectivity index is 1.59. The van der Waals surface area contributed by atoms with Crippen molar-refractivity contribution in [2.75, 3.05) is 11.8 Å². The summed E-state index contributed by atoms with van der Waals surface area (Å²) in [6.45, 7) is 0. The Kier molecular flexibility index (Phi) is 7.65. The lowest BCUT2D eigenvalue weighted by Gasteiger charge is -2.40. The molecule has 1 atom stereocenters. The molecule has 1 unspecified atom stereocenters. The van der Waals surface area contributed by atoms with Crippen molar-refractivity contribution in [3.63, 3.8) is 0 Å². The van der Waals surface area contributed by atoms with E-state index in [4.69, 9.17) is 9.84 Å². The minimum Gasteiger partial charge on any atom is -0.497 e. The van der Waals surface area contributed by atoms with Gasteiger partial charge in [-0.3, -0.25) is 0 Å². The van der Waals surface area contributed by atoms with Crippen LogP contribution in [0, 0.1) is 0 Å². The Hall–Kier alpha value is -4.73. The molecular weight excluding hydrogens is 511 g/mol. The average molecular weight is 541 g/mol. The van der Waals surface area contributed by atoms with Crippen LogP contribution >= 0.6 is 8.07 Å². The van der Waals surface area contributed by atoms with Crippen molar-refractivity contribution >= 4 is 24.4 Å². The molecule has 0 fully saturated rings. The van der Waals surface area contributed by atoms with Gasteiger partial charge in [0.25, 0.3) is 0 Å². The molecule has 1 heterocycles. The summed E-state index contributed by atoms with van der Waals surface area (Å²) >= 11 is 0. The van der Waals surface area contributed by atoms with Crippen molar-refractivity contribution in [3.8, 4) is 11.4 Å². The number of anilines is 1. The molecule has 5 nitrogen and oxygen atoms in total. The van der Waals surface area contributed by atoms with Gasteiger partial charge in [-0.05, 0) is 42.0 Å². The molecule has 0 saturated heterocycles. The molecule has 0 aliphatic carbocycles. The van der Waals surface area contributed by atoms with Crippen LogP contribution < -0.4 is 20.0 Å². The van der Waals surface area contributed by atoms with E-state index in [0.717, 1.165) is 28.4 Å². The van der Waals surface area contributed by atoms with E-state index in [1.54, 1.807) is 7.11 Å². The van der Waals surface area contributed by atoms with Crippen LogP contribution in [0.25, 0.3) is 5.69 Å². The second kappa shape index (κ2) is 12.0. The zero-order chi connectivity index (χ0) is 27.1. The van der Waals surface area contributed by atoms with E-state index >= 15 is 0 Å². The van der Waals surface area contributed by atoms with Crippen molar-refractivity contribution < 1.29 is 4.74 Å². The molecule has 1 aromatic heterocycles. The van der Waals surface area contributed by atoms with Crippen molar-refractivity contribution in [2.45, 2.75) is 6.04 Å². The Morgan fingerprint density at radius 1 is 0.650 bits per heavy atom. The predicted molar refractivity (Wildman–Crippen MR) is 164 cm³/mol. The fraction of sp³-hybridized carbons (Fsp3) is 0.0588. The van der Waals surface area contributed by atoms with Crippen LogP contribution in [0.1, 0.15) is 17.3 Å². The van der Waals surface area contributed by atoms with Gasteiger partial charge < -0.3 is 9.41 Å². The number of rotatable bonds is 9. The largest absolute Gasteiger partial charge is 0.497 e. The summed E-state index contributed by atoms with van der Waals surface area (Å²) in [6.07, 6.45) is 2.05. The van der Waals surface area contributed by atoms with Gasteiger partial charge in [0.15, 0.2) is 0 Å². The molecule has 0 bridgehead atoms. The van der Waals surface area contributed by atoms with Gasteiger partial charge in [-0.2, -0.15) is 0 Å². The van der Waals surface area contributed by atoms with Crippen LogP contribution in [0.15, 0.2) is 152 Å². The van der Waals surface area contributed by atoms with Crippen molar-refractivity contribution in [1.29, 1.82) is 0 Å². The predicted octanol–water partition coefficient (Wildman–Crippen LogP) is 6.92. The molecule has 6 heteroatoms. The third-order valence-corrected chi connectivity index (χ3v) is 9.19. The molecule has 6 rings (SSSR count). The molecule has 0 aliphatic heterocycles. The molecule has 40 heavy (non-hydrogen) atoms. The van der Waals surface area contributed by atoms with Crippen molar-refractivity contribution in [3.05, 3.63) is 163 Å². The topological polar surface area (TPSA) is 43.2 Å². The number of benzene rings is 5. The molecule has 0 radical (unpaired) electrons. The lowest BCUT2D eigenvalue weighted by molar-refractivity contribution is 0.414. The van der Waals surface area contributed by atoms with Gasteiger partial charge >= 0.3 is 0 Å². The molecule has 5 aromatic carbocycles. The van der Waals surface area contributed by atoms with Gasteiger partial charge in [0.05, 0.1) is 27.1 Å². The first-order valence-corrected chi connectivity index (χ1v) is 14.5. The van der Waals surface area contributed by atoms with Gasteiger partial charge in [0, 0.05) is 16.3 Å². The molecular formula is C34H29N4OP. The monoisotopic (exact) mass is 540 g/mol. The van der Waals surface area contributed by atoms with E-state index in [-0.39, 0.29) is 6.04 Å². The zero-order valence-electron chi connectivity index (χ0n) is 22.2. The molecule has 196 valence electrons. The second-order valence-corrected chi connectivity index (χ2v) is 11.3. The van der Waals surface area contributed by atoms with Crippen LogP contribution in [0.3, 0.4) is 0 Å². The summed E-state index contributed by atoms with van der Waals surface area (Å²) in [5, 5.41) is 11.9. The number of hydrogen-bond acceptors (Lipinski definition) is 4. The van der Waals surface area contributed by atoms with Crippen LogP contribution in [-0.4, -0.2) is 22.1 Å². The van der Waals surface area contributed by atoms with Crippen molar-refractivity contribution in [1.82, 2.24) is 15.0 Å². The molecule has 6 aromatic rings. The lowest BCUT2D eigenvalue weighted by Crippen LogP contribution is -2.33. The highest BCUT2D eigenvalue weighted by Gasteiger charge is 2.33. The van der Waals surface area contributed by atoms with E-state index in [1.807, 2.05) is 53.3 Å². The maximum atomic E-state index is 5.51. The van der Waals surface area contributed by atoms with Crippen LogP contribution in [0.4, 0.5) is 5.69 Å². The standard InChI is InChI=1S/C34H29N4OP/c1-39-30-24-22-27(23-25-30)34(33-26-37(36-35-33)28-14-6-2-7-15-28)38(29-16-8-3-9-17-29)40(31-18-10-4-11-19-31)32-20-12-5-13-21-32/h2-26,34H,1H3. The third-order valence-electron chi connectivity index (χ3n) is 6.73. The lowest BCUT2D eigenvalue weighted by atomic mass is 10.0. The molecule has 0 N–H and O–H groups in total. The van der Waals surface area contributed by atoms with E-state index in [0.29, 0.717) is 0 Å². The van der Waals surface area contributed by atoms with E-state index in [9.17, 15) is 0 Å². The summed E-state index contributed by atoms with van der Waals surface area (Å²) in [6, 6.07) is 50.3. The van der Waals surface area contributed by atoms with Gasteiger partial charge in [0.2, 0.25) is 0 Å². The number of ether oxygens (including phenoxy) is 1. The summed E-state index contributed by atoms with van der Waals surface area (Å²) in [5.41, 5.74) is 4.03. The Labute approximate surface area is 236 Å². The molecule has 0 spiro atoms. The normalized spacial score (nSPS) is 11.8. The third kappa shape index (κ3) is 5.38. The van der Waals surface area contributed by atoms with Gasteiger partial charge in [-0.25, -0.2) is 4.68 Å².